The summed E-state index contributed by atoms with van der Waals surface area (Å²) in [6.45, 7) is 4.45. The van der Waals surface area contributed by atoms with Crippen LogP contribution in [-0.2, 0) is 12.8 Å². The summed E-state index contributed by atoms with van der Waals surface area (Å²) in [5.41, 5.74) is 3.41. The minimum atomic E-state index is -0.0771. The van der Waals surface area contributed by atoms with Gasteiger partial charge >= 0.3 is 0 Å². The predicted molar refractivity (Wildman–Crippen MR) is 106 cm³/mol. The highest BCUT2D eigenvalue weighted by molar-refractivity contribution is 6.08. The standard InChI is InChI=1S/C22H25NO4/c1-5-8-16-13-17(14-19(26-3)21(16)27-4)22(24)23-12-7-10-15-9-6-11-18(25-2)20(15)23/h5-6,9,11,13-14H,1,7-8,10,12H2,2-4H3. The van der Waals surface area contributed by atoms with Gasteiger partial charge in [-0.05, 0) is 43.0 Å². The van der Waals surface area contributed by atoms with E-state index in [1.165, 1.54) is 0 Å². The second-order valence-corrected chi connectivity index (χ2v) is 6.39. The van der Waals surface area contributed by atoms with E-state index >= 15 is 0 Å². The van der Waals surface area contributed by atoms with Gasteiger partial charge in [0.15, 0.2) is 11.5 Å². The Labute approximate surface area is 160 Å². The molecule has 1 heterocycles. The van der Waals surface area contributed by atoms with Gasteiger partial charge in [-0.3, -0.25) is 4.79 Å². The zero-order valence-corrected chi connectivity index (χ0v) is 16.1. The number of hydrogen-bond acceptors (Lipinski definition) is 4. The molecule has 5 nitrogen and oxygen atoms in total. The number of benzene rings is 2. The van der Waals surface area contributed by atoms with Gasteiger partial charge in [-0.2, -0.15) is 0 Å². The van der Waals surface area contributed by atoms with Crippen molar-refractivity contribution in [1.29, 1.82) is 0 Å². The van der Waals surface area contributed by atoms with Crippen LogP contribution in [0.25, 0.3) is 0 Å². The largest absolute Gasteiger partial charge is 0.495 e. The van der Waals surface area contributed by atoms with E-state index in [-0.39, 0.29) is 5.91 Å². The average Bonchev–Trinajstić information content (AvgIpc) is 2.71. The number of amides is 1. The molecule has 0 fully saturated rings. The molecule has 0 radical (unpaired) electrons. The first kappa shape index (κ1) is 18.8. The van der Waals surface area contributed by atoms with Crippen LogP contribution in [0.4, 0.5) is 5.69 Å². The molecule has 1 amide bonds. The molecule has 0 aromatic heterocycles. The van der Waals surface area contributed by atoms with Crippen molar-refractivity contribution in [2.75, 3.05) is 32.8 Å². The number of fused-ring (bicyclic) bond motifs is 1. The van der Waals surface area contributed by atoms with Crippen molar-refractivity contribution < 1.29 is 19.0 Å². The lowest BCUT2D eigenvalue weighted by molar-refractivity contribution is 0.0984. The number of rotatable bonds is 6. The third-order valence-corrected chi connectivity index (χ3v) is 4.81. The molecule has 27 heavy (non-hydrogen) atoms. The van der Waals surface area contributed by atoms with Gasteiger partial charge in [0.05, 0.1) is 27.0 Å². The number of para-hydroxylation sites is 1. The van der Waals surface area contributed by atoms with Crippen molar-refractivity contribution in [3.63, 3.8) is 0 Å². The van der Waals surface area contributed by atoms with E-state index < -0.39 is 0 Å². The molecule has 0 aliphatic carbocycles. The van der Waals surface area contributed by atoms with E-state index in [1.54, 1.807) is 38.4 Å². The van der Waals surface area contributed by atoms with E-state index in [4.69, 9.17) is 14.2 Å². The van der Waals surface area contributed by atoms with Crippen LogP contribution < -0.4 is 19.1 Å². The first-order valence-corrected chi connectivity index (χ1v) is 8.98. The second-order valence-electron chi connectivity index (χ2n) is 6.39. The van der Waals surface area contributed by atoms with Crippen LogP contribution in [-0.4, -0.2) is 33.8 Å². The summed E-state index contributed by atoms with van der Waals surface area (Å²) in [6, 6.07) is 9.49. The fourth-order valence-electron chi connectivity index (χ4n) is 3.61. The Hall–Kier alpha value is -2.95. The Morgan fingerprint density at radius 1 is 1.15 bits per heavy atom. The third-order valence-electron chi connectivity index (χ3n) is 4.81. The Morgan fingerprint density at radius 3 is 2.59 bits per heavy atom. The molecule has 1 aliphatic rings. The predicted octanol–water partition coefficient (Wildman–Crippen LogP) is 4.03. The summed E-state index contributed by atoms with van der Waals surface area (Å²) in [5, 5.41) is 0. The third kappa shape index (κ3) is 3.50. The van der Waals surface area contributed by atoms with Gasteiger partial charge in [0.2, 0.25) is 0 Å². The fraction of sp³-hybridized carbons (Fsp3) is 0.318. The highest BCUT2D eigenvalue weighted by Gasteiger charge is 2.28. The summed E-state index contributed by atoms with van der Waals surface area (Å²) >= 11 is 0. The Kier molecular flexibility index (Phi) is 5.69. The number of anilines is 1. The van der Waals surface area contributed by atoms with Crippen molar-refractivity contribution in [2.24, 2.45) is 0 Å². The molecule has 3 rings (SSSR count). The molecule has 0 saturated carbocycles. The number of aryl methyl sites for hydroxylation is 1. The van der Waals surface area contributed by atoms with Crippen LogP contribution in [0.5, 0.6) is 17.2 Å². The van der Waals surface area contributed by atoms with Gasteiger partial charge in [0.25, 0.3) is 5.91 Å². The Morgan fingerprint density at radius 2 is 1.93 bits per heavy atom. The molecule has 0 bridgehead atoms. The first-order chi connectivity index (χ1) is 13.1. The molecule has 0 atom stereocenters. The Balaban J connectivity index is 2.08. The number of ether oxygens (including phenoxy) is 3. The van der Waals surface area contributed by atoms with Crippen LogP contribution in [0.3, 0.4) is 0 Å². The maximum Gasteiger partial charge on any atom is 0.258 e. The highest BCUT2D eigenvalue weighted by atomic mass is 16.5. The first-order valence-electron chi connectivity index (χ1n) is 8.98. The van der Waals surface area contributed by atoms with Crippen LogP contribution in [0.2, 0.25) is 0 Å². The van der Waals surface area contributed by atoms with Gasteiger partial charge < -0.3 is 19.1 Å². The topological polar surface area (TPSA) is 48.0 Å². The molecular weight excluding hydrogens is 342 g/mol. The number of nitrogens with zero attached hydrogens (tertiary/aromatic N) is 1. The van der Waals surface area contributed by atoms with E-state index in [0.29, 0.717) is 35.8 Å². The summed E-state index contributed by atoms with van der Waals surface area (Å²) < 4.78 is 16.5. The normalized spacial score (nSPS) is 12.9. The van der Waals surface area contributed by atoms with Crippen LogP contribution in [0.1, 0.15) is 27.9 Å². The lowest BCUT2D eigenvalue weighted by atomic mass is 9.99. The molecule has 1 aliphatic heterocycles. The number of carbonyl (C=O) groups excluding carboxylic acids is 1. The lowest BCUT2D eigenvalue weighted by Crippen LogP contribution is -2.36. The summed E-state index contributed by atoms with van der Waals surface area (Å²) in [7, 11) is 4.80. The van der Waals surface area contributed by atoms with Gasteiger partial charge in [-0.25, -0.2) is 0 Å². The van der Waals surface area contributed by atoms with Crippen LogP contribution >= 0.6 is 0 Å². The van der Waals surface area contributed by atoms with Gasteiger partial charge in [-0.1, -0.05) is 18.2 Å². The summed E-state index contributed by atoms with van der Waals surface area (Å²) in [4.78, 5) is 15.2. The van der Waals surface area contributed by atoms with E-state index in [9.17, 15) is 4.79 Å². The van der Waals surface area contributed by atoms with Gasteiger partial charge in [-0.15, -0.1) is 6.58 Å². The SMILES string of the molecule is C=CCc1cc(C(=O)N2CCCc3cccc(OC)c32)cc(OC)c1OC. The molecule has 2 aromatic carbocycles. The fourth-order valence-corrected chi connectivity index (χ4v) is 3.61. The van der Waals surface area contributed by atoms with Crippen molar-refractivity contribution in [2.45, 2.75) is 19.3 Å². The molecule has 0 unspecified atom stereocenters. The number of methoxy groups -OCH3 is 3. The second kappa shape index (κ2) is 8.16. The molecular formula is C22H25NO4. The van der Waals surface area contributed by atoms with Crippen molar-refractivity contribution in [3.8, 4) is 17.2 Å². The lowest BCUT2D eigenvalue weighted by Gasteiger charge is -2.31. The van der Waals surface area contributed by atoms with E-state index in [2.05, 4.69) is 12.6 Å². The van der Waals surface area contributed by atoms with Crippen LogP contribution in [0, 0.1) is 0 Å². The zero-order valence-electron chi connectivity index (χ0n) is 16.1. The smallest absolute Gasteiger partial charge is 0.258 e. The molecule has 0 N–H and O–H groups in total. The van der Waals surface area contributed by atoms with Crippen molar-refractivity contribution >= 4 is 11.6 Å². The molecule has 0 spiro atoms. The number of hydrogen-bond donors (Lipinski definition) is 0. The van der Waals surface area contributed by atoms with E-state index in [0.717, 1.165) is 29.7 Å². The molecule has 5 heteroatoms. The molecule has 0 saturated heterocycles. The number of allylic oxidation sites excluding steroid dienone is 1. The minimum Gasteiger partial charge on any atom is -0.495 e. The summed E-state index contributed by atoms with van der Waals surface area (Å²) in [5.74, 6) is 1.81. The molecule has 142 valence electrons. The highest BCUT2D eigenvalue weighted by Crippen LogP contribution is 2.38. The Bertz CT molecular complexity index is 845. The monoisotopic (exact) mass is 367 g/mol. The maximum atomic E-state index is 13.4. The maximum absolute atomic E-state index is 13.4. The quantitative estimate of drug-likeness (QED) is 0.723. The van der Waals surface area contributed by atoms with Crippen molar-refractivity contribution in [3.05, 3.63) is 59.7 Å². The van der Waals surface area contributed by atoms with Gasteiger partial charge in [0.1, 0.15) is 5.75 Å². The average molecular weight is 367 g/mol. The van der Waals surface area contributed by atoms with E-state index in [1.807, 2.05) is 18.2 Å². The summed E-state index contributed by atoms with van der Waals surface area (Å²) in [6.07, 6.45) is 4.22. The zero-order chi connectivity index (χ0) is 19.4. The van der Waals surface area contributed by atoms with Crippen molar-refractivity contribution in [1.82, 2.24) is 0 Å². The van der Waals surface area contributed by atoms with Gasteiger partial charge in [0, 0.05) is 17.7 Å². The molecule has 2 aromatic rings. The minimum absolute atomic E-state index is 0.0771. The number of carbonyl (C=O) groups is 1. The van der Waals surface area contributed by atoms with Crippen LogP contribution in [0.15, 0.2) is 43.0 Å².